The summed E-state index contributed by atoms with van der Waals surface area (Å²) in [6, 6.07) is 5.27. The van der Waals surface area contributed by atoms with E-state index in [1.54, 1.807) is 18.2 Å². The van der Waals surface area contributed by atoms with Gasteiger partial charge in [0, 0.05) is 10.2 Å². The summed E-state index contributed by atoms with van der Waals surface area (Å²) < 4.78 is 5.87. The molecular weight excluding hydrogens is 499 g/mol. The Balaban J connectivity index is 1.31. The number of alkyl halides is 2. The third-order valence-corrected chi connectivity index (χ3v) is 8.38. The Hall–Kier alpha value is -1.64. The van der Waals surface area contributed by atoms with Gasteiger partial charge in [0.15, 0.2) is 6.61 Å². The summed E-state index contributed by atoms with van der Waals surface area (Å²) in [6.07, 6.45) is 0.656. The lowest BCUT2D eigenvalue weighted by atomic mass is 9.80. The average molecular weight is 518 g/mol. The van der Waals surface area contributed by atoms with Gasteiger partial charge in [0.1, 0.15) is 6.54 Å². The molecule has 2 aliphatic carbocycles. The van der Waals surface area contributed by atoms with Crippen molar-refractivity contribution in [2.45, 2.75) is 24.1 Å². The maximum absolute atomic E-state index is 12.7. The summed E-state index contributed by atoms with van der Waals surface area (Å²) in [5.41, 5.74) is 1.50. The number of carbonyl (C=O) groups excluding carboxylic acids is 4. The lowest BCUT2D eigenvalue weighted by Gasteiger charge is -2.28. The normalized spacial score (nSPS) is 31.8. The van der Waals surface area contributed by atoms with Crippen molar-refractivity contribution in [1.82, 2.24) is 4.90 Å². The number of rotatable bonds is 5. The quantitative estimate of drug-likeness (QED) is 0.368. The van der Waals surface area contributed by atoms with Crippen LogP contribution < -0.4 is 5.32 Å². The van der Waals surface area contributed by atoms with E-state index >= 15 is 0 Å². The van der Waals surface area contributed by atoms with Crippen LogP contribution in [0.3, 0.4) is 0 Å². The number of hydrogen-bond acceptors (Lipinski definition) is 5. The number of nitrogens with zero attached hydrogens (tertiary/aromatic N) is 1. The van der Waals surface area contributed by atoms with Crippen molar-refractivity contribution >= 4 is 68.5 Å². The maximum atomic E-state index is 12.7. The molecule has 1 heterocycles. The highest BCUT2D eigenvalue weighted by molar-refractivity contribution is 9.10. The Morgan fingerprint density at radius 2 is 1.77 bits per heavy atom. The van der Waals surface area contributed by atoms with Gasteiger partial charge in [-0.1, -0.05) is 15.9 Å². The van der Waals surface area contributed by atoms with Crippen molar-refractivity contribution in [3.63, 3.8) is 0 Å². The van der Waals surface area contributed by atoms with Crippen LogP contribution >= 0.6 is 39.1 Å². The molecule has 0 spiro atoms. The third kappa shape index (κ3) is 3.63. The number of anilines is 1. The number of esters is 1. The Labute approximate surface area is 191 Å². The second-order valence-electron chi connectivity index (χ2n) is 7.94. The minimum absolute atomic E-state index is 0.151. The van der Waals surface area contributed by atoms with Gasteiger partial charge < -0.3 is 10.1 Å². The van der Waals surface area contributed by atoms with E-state index in [4.69, 9.17) is 27.9 Å². The Morgan fingerprint density at radius 3 is 2.33 bits per heavy atom. The van der Waals surface area contributed by atoms with Gasteiger partial charge in [0.2, 0.25) is 11.8 Å². The largest absolute Gasteiger partial charge is 0.454 e. The molecule has 30 heavy (non-hydrogen) atoms. The molecule has 6 atom stereocenters. The van der Waals surface area contributed by atoms with Crippen LogP contribution in [0.2, 0.25) is 0 Å². The Bertz CT molecular complexity index is 910. The fourth-order valence-corrected chi connectivity index (χ4v) is 5.95. The average Bonchev–Trinajstić information content (AvgIpc) is 3.30. The summed E-state index contributed by atoms with van der Waals surface area (Å²) in [6.45, 7) is 0.842. The zero-order valence-electron chi connectivity index (χ0n) is 15.9. The smallest absolute Gasteiger partial charge is 0.326 e. The number of hydrogen-bond donors (Lipinski definition) is 1. The van der Waals surface area contributed by atoms with Crippen LogP contribution in [0.15, 0.2) is 22.7 Å². The SMILES string of the molecule is Cc1cc(NC(=O)COC(=O)CN2C(=O)[C@@H]3[C@H]4C[C@@H]([C@H](Cl)[C@@H]4Cl)[C@@H]3C2=O)ccc1Br. The number of aryl methyl sites for hydroxylation is 1. The monoisotopic (exact) mass is 516 g/mol. The molecule has 1 N–H and O–H groups in total. The highest BCUT2D eigenvalue weighted by Crippen LogP contribution is 2.59. The number of benzene rings is 1. The molecule has 2 saturated carbocycles. The predicted molar refractivity (Wildman–Crippen MR) is 113 cm³/mol. The number of nitrogens with one attached hydrogen (secondary N) is 1. The summed E-state index contributed by atoms with van der Waals surface area (Å²) >= 11 is 16.0. The van der Waals surface area contributed by atoms with Gasteiger partial charge >= 0.3 is 5.97 Å². The van der Waals surface area contributed by atoms with E-state index in [0.29, 0.717) is 12.1 Å². The standard InChI is InChI=1S/C20H19BrCl2N2O5/c1-8-4-9(2-3-12(8)21)24-13(26)7-30-14(27)6-25-19(28)15-10-5-11(16(15)20(25)29)18(23)17(10)22/h2-4,10-11,15-18H,5-7H2,1H3,(H,24,26)/t10-,11-,15-,16+,17-,18+/m1/s1. The summed E-state index contributed by atoms with van der Waals surface area (Å²) in [5.74, 6) is -3.49. The first-order valence-corrected chi connectivity index (χ1v) is 11.2. The second-order valence-corrected chi connectivity index (χ2v) is 9.80. The van der Waals surface area contributed by atoms with Gasteiger partial charge in [-0.05, 0) is 48.9 Å². The summed E-state index contributed by atoms with van der Waals surface area (Å²) in [4.78, 5) is 50.6. The van der Waals surface area contributed by atoms with E-state index in [2.05, 4.69) is 21.2 Å². The molecule has 0 radical (unpaired) electrons. The predicted octanol–water partition coefficient (Wildman–Crippen LogP) is 2.70. The number of amides is 3. The van der Waals surface area contributed by atoms with Crippen molar-refractivity contribution in [2.24, 2.45) is 23.7 Å². The van der Waals surface area contributed by atoms with Crippen LogP contribution in [0.25, 0.3) is 0 Å². The van der Waals surface area contributed by atoms with E-state index < -0.39 is 48.7 Å². The molecule has 7 nitrogen and oxygen atoms in total. The van der Waals surface area contributed by atoms with Crippen LogP contribution in [0.4, 0.5) is 5.69 Å². The number of carbonyl (C=O) groups is 4. The van der Waals surface area contributed by atoms with E-state index in [0.717, 1.165) is 14.9 Å². The molecule has 3 fully saturated rings. The first-order valence-electron chi connectivity index (χ1n) is 9.54. The van der Waals surface area contributed by atoms with Crippen LogP contribution in [-0.4, -0.2) is 52.5 Å². The molecule has 1 aliphatic heterocycles. The first-order chi connectivity index (χ1) is 14.2. The molecule has 0 aromatic heterocycles. The Morgan fingerprint density at radius 1 is 1.17 bits per heavy atom. The van der Waals surface area contributed by atoms with Gasteiger partial charge in [-0.25, -0.2) is 0 Å². The van der Waals surface area contributed by atoms with Gasteiger partial charge in [0.25, 0.3) is 5.91 Å². The van der Waals surface area contributed by atoms with Crippen molar-refractivity contribution < 1.29 is 23.9 Å². The molecule has 4 rings (SSSR count). The number of halogens is 3. The Kier molecular flexibility index (Phi) is 5.85. The molecule has 10 heteroatoms. The lowest BCUT2D eigenvalue weighted by Crippen LogP contribution is -2.38. The van der Waals surface area contributed by atoms with Crippen LogP contribution in [0.5, 0.6) is 0 Å². The number of imide groups is 1. The molecule has 1 saturated heterocycles. The van der Waals surface area contributed by atoms with Crippen molar-refractivity contribution in [1.29, 1.82) is 0 Å². The number of ether oxygens (including phenoxy) is 1. The molecule has 160 valence electrons. The van der Waals surface area contributed by atoms with Gasteiger partial charge in [0.05, 0.1) is 22.6 Å². The highest BCUT2D eigenvalue weighted by Gasteiger charge is 2.66. The zero-order valence-corrected chi connectivity index (χ0v) is 19.0. The summed E-state index contributed by atoms with van der Waals surface area (Å²) in [7, 11) is 0. The van der Waals surface area contributed by atoms with E-state index in [9.17, 15) is 19.2 Å². The lowest BCUT2D eigenvalue weighted by molar-refractivity contribution is -0.154. The minimum Gasteiger partial charge on any atom is -0.454 e. The van der Waals surface area contributed by atoms with Crippen LogP contribution in [-0.2, 0) is 23.9 Å². The van der Waals surface area contributed by atoms with Crippen molar-refractivity contribution in [3.05, 3.63) is 28.2 Å². The van der Waals surface area contributed by atoms with E-state index in [-0.39, 0.29) is 22.6 Å². The van der Waals surface area contributed by atoms with Gasteiger partial charge in [-0.3, -0.25) is 24.1 Å². The molecular formula is C20H19BrCl2N2O5. The number of likely N-dealkylation sites (tertiary alicyclic amines) is 1. The van der Waals surface area contributed by atoms with Gasteiger partial charge in [-0.15, -0.1) is 23.2 Å². The molecule has 2 bridgehead atoms. The van der Waals surface area contributed by atoms with Gasteiger partial charge in [-0.2, -0.15) is 0 Å². The van der Waals surface area contributed by atoms with Crippen molar-refractivity contribution in [3.8, 4) is 0 Å². The van der Waals surface area contributed by atoms with Crippen molar-refractivity contribution in [2.75, 3.05) is 18.5 Å². The molecule has 3 aliphatic rings. The van der Waals surface area contributed by atoms with E-state index in [1.807, 2.05) is 6.92 Å². The highest BCUT2D eigenvalue weighted by atomic mass is 79.9. The molecule has 1 aromatic rings. The summed E-state index contributed by atoms with van der Waals surface area (Å²) in [5, 5.41) is 1.92. The fraction of sp³-hybridized carbons (Fsp3) is 0.500. The molecule has 0 unspecified atom stereocenters. The topological polar surface area (TPSA) is 92.8 Å². The van der Waals surface area contributed by atoms with Crippen LogP contribution in [0.1, 0.15) is 12.0 Å². The first kappa shape index (κ1) is 21.6. The number of fused-ring (bicyclic) bond motifs is 5. The second kappa shape index (κ2) is 8.13. The molecule has 1 aromatic carbocycles. The van der Waals surface area contributed by atoms with E-state index in [1.165, 1.54) is 0 Å². The molecule has 3 amide bonds. The van der Waals surface area contributed by atoms with Crippen LogP contribution in [0, 0.1) is 30.6 Å². The third-order valence-electron chi connectivity index (χ3n) is 6.17. The fourth-order valence-electron chi connectivity index (χ4n) is 4.81. The maximum Gasteiger partial charge on any atom is 0.326 e. The zero-order chi connectivity index (χ0) is 21.7. The minimum atomic E-state index is -0.823.